The molecule has 24 heavy (non-hydrogen) atoms. The molecule has 2 N–H and O–H groups in total. The Morgan fingerprint density at radius 1 is 1.00 bits per heavy atom. The van der Waals surface area contributed by atoms with Gasteiger partial charge in [0.2, 0.25) is 5.95 Å². The van der Waals surface area contributed by atoms with Crippen molar-refractivity contribution in [3.63, 3.8) is 0 Å². The summed E-state index contributed by atoms with van der Waals surface area (Å²) >= 11 is 0. The fourth-order valence-corrected chi connectivity index (χ4v) is 3.30. The van der Waals surface area contributed by atoms with Crippen LogP contribution in [0.3, 0.4) is 0 Å². The van der Waals surface area contributed by atoms with Crippen LogP contribution in [0.4, 0.5) is 17.5 Å². The van der Waals surface area contributed by atoms with E-state index in [4.69, 9.17) is 4.98 Å². The van der Waals surface area contributed by atoms with Crippen molar-refractivity contribution in [2.75, 3.05) is 17.7 Å². The van der Waals surface area contributed by atoms with Gasteiger partial charge in [0.05, 0.1) is 5.69 Å². The van der Waals surface area contributed by atoms with Crippen LogP contribution in [0.2, 0.25) is 0 Å². The maximum absolute atomic E-state index is 4.83. The number of anilines is 3. The van der Waals surface area contributed by atoms with E-state index in [2.05, 4.69) is 50.9 Å². The SMILES string of the molecule is CNc1nc(Nc2ccncc2)nc2c1CCC2c1ccccc1. The van der Waals surface area contributed by atoms with Gasteiger partial charge in [-0.2, -0.15) is 4.98 Å². The highest BCUT2D eigenvalue weighted by atomic mass is 15.1. The van der Waals surface area contributed by atoms with Gasteiger partial charge in [0.25, 0.3) is 0 Å². The van der Waals surface area contributed by atoms with Gasteiger partial charge < -0.3 is 10.6 Å². The van der Waals surface area contributed by atoms with Gasteiger partial charge >= 0.3 is 0 Å². The largest absolute Gasteiger partial charge is 0.373 e. The van der Waals surface area contributed by atoms with Crippen LogP contribution < -0.4 is 10.6 Å². The van der Waals surface area contributed by atoms with E-state index in [9.17, 15) is 0 Å². The first-order chi connectivity index (χ1) is 11.8. The number of rotatable bonds is 4. The third-order valence-electron chi connectivity index (χ3n) is 4.43. The van der Waals surface area contributed by atoms with Gasteiger partial charge in [-0.1, -0.05) is 30.3 Å². The van der Waals surface area contributed by atoms with Crippen molar-refractivity contribution in [1.29, 1.82) is 0 Å². The van der Waals surface area contributed by atoms with Crippen LogP contribution in [-0.2, 0) is 6.42 Å². The molecule has 0 fully saturated rings. The average Bonchev–Trinajstić information content (AvgIpc) is 3.06. The number of pyridine rings is 1. The molecule has 1 aliphatic rings. The lowest BCUT2D eigenvalue weighted by Crippen LogP contribution is -2.07. The minimum absolute atomic E-state index is 0.328. The smallest absolute Gasteiger partial charge is 0.229 e. The zero-order valence-electron chi connectivity index (χ0n) is 13.5. The molecule has 120 valence electrons. The minimum atomic E-state index is 0.328. The molecule has 0 spiro atoms. The Labute approximate surface area is 141 Å². The topological polar surface area (TPSA) is 62.7 Å². The third kappa shape index (κ3) is 2.69. The summed E-state index contributed by atoms with van der Waals surface area (Å²) in [6, 6.07) is 14.4. The average molecular weight is 317 g/mol. The van der Waals surface area contributed by atoms with Crippen LogP contribution in [0.25, 0.3) is 0 Å². The summed E-state index contributed by atoms with van der Waals surface area (Å²) in [5, 5.41) is 6.50. The summed E-state index contributed by atoms with van der Waals surface area (Å²) < 4.78 is 0. The van der Waals surface area contributed by atoms with Crippen LogP contribution in [0, 0.1) is 0 Å². The Balaban J connectivity index is 1.74. The van der Waals surface area contributed by atoms with Gasteiger partial charge in [0.1, 0.15) is 5.82 Å². The summed E-state index contributed by atoms with van der Waals surface area (Å²) in [6.07, 6.45) is 5.57. The van der Waals surface area contributed by atoms with Crippen LogP contribution in [0.1, 0.15) is 29.2 Å². The number of fused-ring (bicyclic) bond motifs is 1. The standard InChI is InChI=1S/C19H19N5/c1-20-18-16-8-7-15(13-5-3-2-4-6-13)17(16)23-19(24-18)22-14-9-11-21-12-10-14/h2-6,9-12,15H,7-8H2,1H3,(H2,20,21,22,23,24). The Morgan fingerprint density at radius 2 is 1.79 bits per heavy atom. The maximum Gasteiger partial charge on any atom is 0.229 e. The fourth-order valence-electron chi connectivity index (χ4n) is 3.30. The molecule has 1 aliphatic carbocycles. The van der Waals surface area contributed by atoms with E-state index >= 15 is 0 Å². The highest BCUT2D eigenvalue weighted by Gasteiger charge is 2.29. The zero-order chi connectivity index (χ0) is 16.4. The monoisotopic (exact) mass is 317 g/mol. The number of hydrogen-bond acceptors (Lipinski definition) is 5. The second-order valence-corrected chi connectivity index (χ2v) is 5.87. The van der Waals surface area contributed by atoms with Gasteiger partial charge in [0, 0.05) is 36.6 Å². The molecule has 2 aromatic heterocycles. The van der Waals surface area contributed by atoms with Gasteiger partial charge in [-0.05, 0) is 30.5 Å². The molecular weight excluding hydrogens is 298 g/mol. The van der Waals surface area contributed by atoms with Gasteiger partial charge in [0.15, 0.2) is 0 Å². The summed E-state index contributed by atoms with van der Waals surface area (Å²) in [5.41, 5.74) is 4.59. The van der Waals surface area contributed by atoms with Crippen molar-refractivity contribution in [3.8, 4) is 0 Å². The second-order valence-electron chi connectivity index (χ2n) is 5.87. The zero-order valence-corrected chi connectivity index (χ0v) is 13.5. The molecule has 0 radical (unpaired) electrons. The lowest BCUT2D eigenvalue weighted by molar-refractivity contribution is 0.772. The summed E-state index contributed by atoms with van der Waals surface area (Å²) in [4.78, 5) is 13.5. The fraction of sp³-hybridized carbons (Fsp3) is 0.211. The minimum Gasteiger partial charge on any atom is -0.373 e. The molecule has 1 aromatic carbocycles. The Morgan fingerprint density at radius 3 is 2.54 bits per heavy atom. The third-order valence-corrected chi connectivity index (χ3v) is 4.43. The Kier molecular flexibility index (Phi) is 3.83. The maximum atomic E-state index is 4.83. The molecular formula is C19H19N5. The van der Waals surface area contributed by atoms with E-state index < -0.39 is 0 Å². The molecule has 0 aliphatic heterocycles. The molecule has 0 saturated carbocycles. The van der Waals surface area contributed by atoms with Gasteiger partial charge in [-0.3, -0.25) is 4.98 Å². The lowest BCUT2D eigenvalue weighted by atomic mass is 9.97. The lowest BCUT2D eigenvalue weighted by Gasteiger charge is -2.14. The first-order valence-electron chi connectivity index (χ1n) is 8.15. The molecule has 1 atom stereocenters. The first-order valence-corrected chi connectivity index (χ1v) is 8.15. The van der Waals surface area contributed by atoms with Crippen molar-refractivity contribution < 1.29 is 0 Å². The van der Waals surface area contributed by atoms with Crippen LogP contribution in [-0.4, -0.2) is 22.0 Å². The van der Waals surface area contributed by atoms with Crippen LogP contribution in [0.15, 0.2) is 54.9 Å². The quantitative estimate of drug-likeness (QED) is 0.767. The molecule has 3 aromatic rings. The number of aromatic nitrogens is 3. The van der Waals surface area contributed by atoms with E-state index in [0.29, 0.717) is 11.9 Å². The highest BCUT2D eigenvalue weighted by Crippen LogP contribution is 2.40. The van der Waals surface area contributed by atoms with Gasteiger partial charge in [-0.15, -0.1) is 0 Å². The molecule has 0 bridgehead atoms. The van der Waals surface area contributed by atoms with Crippen molar-refractivity contribution in [1.82, 2.24) is 15.0 Å². The Hall–Kier alpha value is -2.95. The predicted molar refractivity (Wildman–Crippen MR) is 95.7 cm³/mol. The predicted octanol–water partition coefficient (Wildman–Crippen LogP) is 3.74. The highest BCUT2D eigenvalue weighted by molar-refractivity contribution is 5.59. The number of nitrogens with one attached hydrogen (secondary N) is 2. The van der Waals surface area contributed by atoms with Crippen molar-refractivity contribution in [3.05, 3.63) is 71.7 Å². The van der Waals surface area contributed by atoms with E-state index in [1.807, 2.05) is 19.2 Å². The van der Waals surface area contributed by atoms with Crippen molar-refractivity contribution in [2.24, 2.45) is 0 Å². The first kappa shape index (κ1) is 14.6. The molecule has 1 unspecified atom stereocenters. The molecule has 2 heterocycles. The molecule has 4 rings (SSSR count). The normalized spacial score (nSPS) is 15.8. The van der Waals surface area contributed by atoms with Crippen LogP contribution >= 0.6 is 0 Å². The number of nitrogens with zero attached hydrogens (tertiary/aromatic N) is 3. The summed E-state index contributed by atoms with van der Waals surface area (Å²) in [7, 11) is 1.91. The second kappa shape index (κ2) is 6.28. The molecule has 0 saturated heterocycles. The Bertz CT molecular complexity index is 833. The van der Waals surface area contributed by atoms with Gasteiger partial charge in [-0.25, -0.2) is 4.98 Å². The van der Waals surface area contributed by atoms with E-state index in [1.54, 1.807) is 12.4 Å². The van der Waals surface area contributed by atoms with E-state index in [-0.39, 0.29) is 0 Å². The number of hydrogen-bond donors (Lipinski definition) is 2. The van der Waals surface area contributed by atoms with Crippen LogP contribution in [0.5, 0.6) is 0 Å². The van der Waals surface area contributed by atoms with E-state index in [1.165, 1.54) is 11.1 Å². The summed E-state index contributed by atoms with van der Waals surface area (Å²) in [5.74, 6) is 1.86. The van der Waals surface area contributed by atoms with Crippen molar-refractivity contribution >= 4 is 17.5 Å². The van der Waals surface area contributed by atoms with E-state index in [0.717, 1.165) is 30.0 Å². The molecule has 5 nitrogen and oxygen atoms in total. The van der Waals surface area contributed by atoms with Crippen molar-refractivity contribution in [2.45, 2.75) is 18.8 Å². The molecule has 5 heteroatoms. The number of benzene rings is 1. The summed E-state index contributed by atoms with van der Waals surface area (Å²) in [6.45, 7) is 0. The molecule has 0 amide bonds.